The Balaban J connectivity index is 1.95. The highest BCUT2D eigenvalue weighted by Crippen LogP contribution is 2.20. The number of hydrogen-bond donors (Lipinski definition) is 2. The van der Waals surface area contributed by atoms with Crippen molar-refractivity contribution in [2.45, 2.75) is 6.92 Å². The number of aryl methyl sites for hydroxylation is 1. The van der Waals surface area contributed by atoms with Crippen LogP contribution < -0.4 is 10.6 Å². The summed E-state index contributed by atoms with van der Waals surface area (Å²) in [6.07, 6.45) is 1.66. The van der Waals surface area contributed by atoms with Crippen molar-refractivity contribution in [3.63, 3.8) is 0 Å². The van der Waals surface area contributed by atoms with Gasteiger partial charge in [0.1, 0.15) is 5.69 Å². The van der Waals surface area contributed by atoms with Crippen LogP contribution >= 0.6 is 11.6 Å². The van der Waals surface area contributed by atoms with E-state index in [1.165, 1.54) is 0 Å². The number of carbonyl (C=O) groups is 1. The molecule has 6 heteroatoms. The summed E-state index contributed by atoms with van der Waals surface area (Å²) in [5, 5.41) is 6.66. The Kier molecular flexibility index (Phi) is 5.96. The van der Waals surface area contributed by atoms with E-state index in [9.17, 15) is 4.79 Å². The van der Waals surface area contributed by atoms with Gasteiger partial charge in [-0.3, -0.25) is 4.79 Å². The van der Waals surface area contributed by atoms with Gasteiger partial charge in [0.25, 0.3) is 5.91 Å². The Morgan fingerprint density at radius 1 is 1.22 bits per heavy atom. The van der Waals surface area contributed by atoms with E-state index in [0.717, 1.165) is 24.3 Å². The lowest BCUT2D eigenvalue weighted by atomic mass is 10.2. The fourth-order valence-electron chi connectivity index (χ4n) is 1.92. The molecule has 0 aliphatic rings. The number of likely N-dealkylation sites (N-methyl/N-ethyl adjacent to an activating group) is 1. The van der Waals surface area contributed by atoms with Crippen LogP contribution in [0.1, 0.15) is 16.1 Å². The third kappa shape index (κ3) is 5.23. The molecule has 0 bridgehead atoms. The first-order chi connectivity index (χ1) is 11.0. The van der Waals surface area contributed by atoms with E-state index in [4.69, 9.17) is 11.6 Å². The average Bonchev–Trinajstić information content (AvgIpc) is 2.51. The topological polar surface area (TPSA) is 57.3 Å². The molecule has 0 radical (unpaired) electrons. The molecule has 2 aromatic rings. The van der Waals surface area contributed by atoms with Crippen LogP contribution in [0.15, 0.2) is 36.5 Å². The van der Waals surface area contributed by atoms with Gasteiger partial charge in [-0.15, -0.1) is 0 Å². The molecule has 1 amide bonds. The molecule has 23 heavy (non-hydrogen) atoms. The molecular formula is C17H21ClN4O. The summed E-state index contributed by atoms with van der Waals surface area (Å²) in [5.74, 6) is -0.259. The Labute approximate surface area is 141 Å². The molecule has 2 rings (SSSR count). The van der Waals surface area contributed by atoms with Crippen molar-refractivity contribution in [1.82, 2.24) is 9.88 Å². The van der Waals surface area contributed by atoms with Crippen LogP contribution in [0.3, 0.4) is 0 Å². The largest absolute Gasteiger partial charge is 0.383 e. The molecule has 1 aromatic carbocycles. The average molecular weight is 333 g/mol. The SMILES string of the molecule is Cc1ccc(NC(=O)c2ccc(NCCN(C)C)cn2)cc1Cl. The second-order valence-corrected chi connectivity index (χ2v) is 5.99. The van der Waals surface area contributed by atoms with E-state index in [-0.39, 0.29) is 5.91 Å². The Morgan fingerprint density at radius 2 is 1.96 bits per heavy atom. The molecule has 0 atom stereocenters. The Morgan fingerprint density at radius 3 is 2.57 bits per heavy atom. The highest BCUT2D eigenvalue weighted by Gasteiger charge is 2.08. The second kappa shape index (κ2) is 7.94. The third-order valence-corrected chi connectivity index (χ3v) is 3.72. The molecule has 0 saturated carbocycles. The number of benzene rings is 1. The summed E-state index contributed by atoms with van der Waals surface area (Å²) in [7, 11) is 4.04. The van der Waals surface area contributed by atoms with Gasteiger partial charge < -0.3 is 15.5 Å². The lowest BCUT2D eigenvalue weighted by Crippen LogP contribution is -2.21. The minimum absolute atomic E-state index is 0.259. The summed E-state index contributed by atoms with van der Waals surface area (Å²) in [6, 6.07) is 8.95. The number of aromatic nitrogens is 1. The summed E-state index contributed by atoms with van der Waals surface area (Å²) >= 11 is 6.06. The van der Waals surface area contributed by atoms with Crippen LogP contribution in [0, 0.1) is 6.92 Å². The zero-order chi connectivity index (χ0) is 16.8. The molecule has 0 spiro atoms. The quantitative estimate of drug-likeness (QED) is 0.852. The number of carbonyl (C=O) groups excluding carboxylic acids is 1. The van der Waals surface area contributed by atoms with Crippen LogP contribution in [-0.2, 0) is 0 Å². The van der Waals surface area contributed by atoms with Gasteiger partial charge in [-0.05, 0) is 50.8 Å². The summed E-state index contributed by atoms with van der Waals surface area (Å²) in [5.41, 5.74) is 2.87. The number of amides is 1. The lowest BCUT2D eigenvalue weighted by Gasteiger charge is -2.11. The molecule has 5 nitrogen and oxygen atoms in total. The summed E-state index contributed by atoms with van der Waals surface area (Å²) in [4.78, 5) is 18.5. The molecule has 2 N–H and O–H groups in total. The molecule has 122 valence electrons. The van der Waals surface area contributed by atoms with E-state index < -0.39 is 0 Å². The van der Waals surface area contributed by atoms with Gasteiger partial charge in [-0.25, -0.2) is 4.98 Å². The van der Waals surface area contributed by atoms with Crippen molar-refractivity contribution in [1.29, 1.82) is 0 Å². The van der Waals surface area contributed by atoms with Crippen molar-refractivity contribution in [3.05, 3.63) is 52.8 Å². The van der Waals surface area contributed by atoms with Crippen molar-refractivity contribution >= 4 is 28.9 Å². The number of pyridine rings is 1. The highest BCUT2D eigenvalue weighted by molar-refractivity contribution is 6.31. The number of halogens is 1. The number of hydrogen-bond acceptors (Lipinski definition) is 4. The molecule has 0 saturated heterocycles. The second-order valence-electron chi connectivity index (χ2n) is 5.58. The van der Waals surface area contributed by atoms with Gasteiger partial charge in [0.15, 0.2) is 0 Å². The smallest absolute Gasteiger partial charge is 0.274 e. The lowest BCUT2D eigenvalue weighted by molar-refractivity contribution is 0.102. The number of rotatable bonds is 6. The molecule has 0 unspecified atom stereocenters. The molecule has 1 aromatic heterocycles. The standard InChI is InChI=1S/C17H21ClN4O/c1-12-4-5-13(10-15(12)18)21-17(23)16-7-6-14(11-20-16)19-8-9-22(2)3/h4-7,10-11,19H,8-9H2,1-3H3,(H,21,23). The Hall–Kier alpha value is -2.11. The first-order valence-corrected chi connectivity index (χ1v) is 7.75. The maximum absolute atomic E-state index is 12.2. The fraction of sp³-hybridized carbons (Fsp3) is 0.294. The van der Waals surface area contributed by atoms with Crippen LogP contribution in [0.2, 0.25) is 5.02 Å². The molecule has 1 heterocycles. The van der Waals surface area contributed by atoms with Gasteiger partial charge in [0.05, 0.1) is 11.9 Å². The van der Waals surface area contributed by atoms with Crippen molar-refractivity contribution < 1.29 is 4.79 Å². The molecular weight excluding hydrogens is 312 g/mol. The molecule has 0 fully saturated rings. The van der Waals surface area contributed by atoms with E-state index >= 15 is 0 Å². The zero-order valence-electron chi connectivity index (χ0n) is 13.6. The van der Waals surface area contributed by atoms with E-state index in [1.807, 2.05) is 39.2 Å². The van der Waals surface area contributed by atoms with Gasteiger partial charge in [0.2, 0.25) is 0 Å². The van der Waals surface area contributed by atoms with E-state index in [1.54, 1.807) is 18.3 Å². The van der Waals surface area contributed by atoms with Crippen molar-refractivity contribution in [2.24, 2.45) is 0 Å². The summed E-state index contributed by atoms with van der Waals surface area (Å²) < 4.78 is 0. The first kappa shape index (κ1) is 17.2. The third-order valence-electron chi connectivity index (χ3n) is 3.31. The van der Waals surface area contributed by atoms with Gasteiger partial charge in [0, 0.05) is 23.8 Å². The predicted octanol–water partition coefficient (Wildman–Crippen LogP) is 3.27. The number of nitrogens with one attached hydrogen (secondary N) is 2. The fourth-order valence-corrected chi connectivity index (χ4v) is 2.10. The molecule has 0 aliphatic heterocycles. The van der Waals surface area contributed by atoms with E-state index in [2.05, 4.69) is 20.5 Å². The number of anilines is 2. The van der Waals surface area contributed by atoms with Crippen LogP contribution in [0.25, 0.3) is 0 Å². The minimum atomic E-state index is -0.259. The van der Waals surface area contributed by atoms with Crippen molar-refractivity contribution in [2.75, 3.05) is 37.8 Å². The van der Waals surface area contributed by atoms with Gasteiger partial charge in [-0.1, -0.05) is 17.7 Å². The minimum Gasteiger partial charge on any atom is -0.383 e. The number of nitrogens with zero attached hydrogens (tertiary/aromatic N) is 2. The monoisotopic (exact) mass is 332 g/mol. The Bertz CT molecular complexity index is 671. The first-order valence-electron chi connectivity index (χ1n) is 7.38. The normalized spacial score (nSPS) is 10.7. The maximum Gasteiger partial charge on any atom is 0.274 e. The highest BCUT2D eigenvalue weighted by atomic mass is 35.5. The molecule has 0 aliphatic carbocycles. The van der Waals surface area contributed by atoms with Gasteiger partial charge in [-0.2, -0.15) is 0 Å². The zero-order valence-corrected chi connectivity index (χ0v) is 14.3. The summed E-state index contributed by atoms with van der Waals surface area (Å²) in [6.45, 7) is 3.66. The van der Waals surface area contributed by atoms with E-state index in [0.29, 0.717) is 16.4 Å². The van der Waals surface area contributed by atoms with Crippen LogP contribution in [0.4, 0.5) is 11.4 Å². The van der Waals surface area contributed by atoms with Crippen LogP contribution in [-0.4, -0.2) is 43.0 Å². The predicted molar refractivity (Wildman–Crippen MR) is 95.4 cm³/mol. The maximum atomic E-state index is 12.2. The van der Waals surface area contributed by atoms with Crippen LogP contribution in [0.5, 0.6) is 0 Å². The van der Waals surface area contributed by atoms with Crippen molar-refractivity contribution in [3.8, 4) is 0 Å². The van der Waals surface area contributed by atoms with Gasteiger partial charge >= 0.3 is 0 Å².